The number of pyridine rings is 1. The van der Waals surface area contributed by atoms with Crippen molar-refractivity contribution in [2.75, 3.05) is 0 Å². The third-order valence-corrected chi connectivity index (χ3v) is 6.18. The van der Waals surface area contributed by atoms with Crippen LogP contribution in [0.15, 0.2) is 70.5 Å². The molecule has 1 aromatic carbocycles. The maximum atomic E-state index is 12.8. The van der Waals surface area contributed by atoms with Crippen molar-refractivity contribution in [3.8, 4) is 11.4 Å². The first-order chi connectivity index (χ1) is 15.4. The predicted octanol–water partition coefficient (Wildman–Crippen LogP) is 3.86. The normalized spacial score (nSPS) is 16.9. The van der Waals surface area contributed by atoms with E-state index in [2.05, 4.69) is 15.1 Å². The molecule has 0 saturated heterocycles. The first-order valence-electron chi connectivity index (χ1n) is 9.81. The number of carbonyl (C=O) groups is 1. The van der Waals surface area contributed by atoms with Gasteiger partial charge in [0.1, 0.15) is 10.8 Å². The molecule has 8 nitrogen and oxygen atoms in total. The second kappa shape index (κ2) is 7.61. The third kappa shape index (κ3) is 3.32. The molecule has 2 N–H and O–H groups in total. The van der Waals surface area contributed by atoms with Gasteiger partial charge in [-0.1, -0.05) is 6.07 Å². The van der Waals surface area contributed by atoms with E-state index in [-0.39, 0.29) is 17.2 Å². The first-order valence-corrected chi connectivity index (χ1v) is 10.6. The fourth-order valence-corrected chi connectivity index (χ4v) is 4.60. The fraction of sp³-hybridized carbons (Fsp3) is 0.0870. The molecule has 0 bridgehead atoms. The Morgan fingerprint density at radius 1 is 1.16 bits per heavy atom. The van der Waals surface area contributed by atoms with Crippen molar-refractivity contribution in [1.82, 2.24) is 14.6 Å². The first kappa shape index (κ1) is 20.0. The van der Waals surface area contributed by atoms with E-state index in [0.29, 0.717) is 10.2 Å². The number of nitrogens with one attached hydrogen (secondary N) is 1. The standard InChI is InChI=1S/C23H18N6O2S/c1-13-9-16(14(2)28(13)17-6-3-7-18(30)11-17)10-19-20(24)29-23(26-21(19)31)32-22(27-29)15-5-4-8-25-12-15/h3-12,24,30H,1-2H3/b19-10-,24-20?. The lowest BCUT2D eigenvalue weighted by molar-refractivity contribution is -0.114. The highest BCUT2D eigenvalue weighted by Gasteiger charge is 2.36. The van der Waals surface area contributed by atoms with Crippen LogP contribution in [0.3, 0.4) is 0 Å². The number of carbonyl (C=O) groups excluding carboxylic acids is 1. The van der Waals surface area contributed by atoms with Crippen LogP contribution < -0.4 is 0 Å². The van der Waals surface area contributed by atoms with E-state index in [0.717, 1.165) is 28.2 Å². The lowest BCUT2D eigenvalue weighted by Crippen LogP contribution is -2.35. The topological polar surface area (TPSA) is 107 Å². The van der Waals surface area contributed by atoms with E-state index in [1.165, 1.54) is 16.8 Å². The molecule has 2 aliphatic heterocycles. The molecule has 2 aromatic heterocycles. The fourth-order valence-electron chi connectivity index (χ4n) is 3.72. The molecule has 9 heteroatoms. The van der Waals surface area contributed by atoms with Crippen LogP contribution in [0.1, 0.15) is 22.5 Å². The van der Waals surface area contributed by atoms with Crippen LogP contribution in [0.25, 0.3) is 11.8 Å². The molecule has 0 unspecified atom stereocenters. The van der Waals surface area contributed by atoms with Gasteiger partial charge in [-0.25, -0.2) is 0 Å². The molecule has 0 fully saturated rings. The Balaban J connectivity index is 1.52. The van der Waals surface area contributed by atoms with Crippen molar-refractivity contribution in [2.24, 2.45) is 10.1 Å². The second-order valence-electron chi connectivity index (χ2n) is 7.35. The van der Waals surface area contributed by atoms with Gasteiger partial charge >= 0.3 is 0 Å². The van der Waals surface area contributed by atoms with Crippen molar-refractivity contribution >= 4 is 39.8 Å². The maximum Gasteiger partial charge on any atom is 0.283 e. The van der Waals surface area contributed by atoms with E-state index in [9.17, 15) is 9.90 Å². The van der Waals surface area contributed by atoms with Gasteiger partial charge in [-0.15, -0.1) is 0 Å². The zero-order chi connectivity index (χ0) is 22.4. The summed E-state index contributed by atoms with van der Waals surface area (Å²) in [4.78, 5) is 21.0. The molecule has 0 atom stereocenters. The van der Waals surface area contributed by atoms with E-state index >= 15 is 0 Å². The van der Waals surface area contributed by atoms with Crippen molar-refractivity contribution in [3.05, 3.63) is 82.9 Å². The molecule has 2 aliphatic rings. The van der Waals surface area contributed by atoms with E-state index < -0.39 is 5.91 Å². The number of amidine groups is 2. The van der Waals surface area contributed by atoms with Gasteiger partial charge in [-0.3, -0.25) is 15.2 Å². The van der Waals surface area contributed by atoms with Gasteiger partial charge < -0.3 is 9.67 Å². The zero-order valence-corrected chi connectivity index (χ0v) is 18.1. The molecular formula is C23H18N6O2S. The van der Waals surface area contributed by atoms with Crippen LogP contribution in [0, 0.1) is 19.3 Å². The van der Waals surface area contributed by atoms with Gasteiger partial charge in [0, 0.05) is 41.1 Å². The average molecular weight is 443 g/mol. The van der Waals surface area contributed by atoms with Crippen molar-refractivity contribution in [1.29, 1.82) is 5.41 Å². The molecule has 0 saturated carbocycles. The number of aromatic nitrogens is 2. The quantitative estimate of drug-likeness (QED) is 0.599. The minimum absolute atomic E-state index is 0.0199. The molecule has 3 aromatic rings. The Morgan fingerprint density at radius 3 is 2.75 bits per heavy atom. The summed E-state index contributed by atoms with van der Waals surface area (Å²) in [5.74, 6) is -0.318. The third-order valence-electron chi connectivity index (χ3n) is 5.22. The van der Waals surface area contributed by atoms with Crippen LogP contribution in [0.5, 0.6) is 5.75 Å². The number of rotatable bonds is 3. The molecule has 5 rings (SSSR count). The number of aromatic hydroxyl groups is 1. The van der Waals surface area contributed by atoms with Crippen LogP contribution in [-0.2, 0) is 4.79 Å². The smallest absolute Gasteiger partial charge is 0.283 e. The highest BCUT2D eigenvalue weighted by Crippen LogP contribution is 2.31. The summed E-state index contributed by atoms with van der Waals surface area (Å²) in [6, 6.07) is 12.6. The molecule has 4 heterocycles. The van der Waals surface area contributed by atoms with Crippen molar-refractivity contribution in [2.45, 2.75) is 13.8 Å². The SMILES string of the molecule is Cc1cc(/C=C2/C(=N)N3N=C(c4cccnc4)SC3=NC2=O)c(C)n1-c1cccc(O)c1. The zero-order valence-electron chi connectivity index (χ0n) is 17.3. The number of amides is 1. The summed E-state index contributed by atoms with van der Waals surface area (Å²) < 4.78 is 1.99. The summed E-state index contributed by atoms with van der Waals surface area (Å²) in [5.41, 5.74) is 4.40. The molecule has 1 amide bonds. The summed E-state index contributed by atoms with van der Waals surface area (Å²) >= 11 is 1.24. The minimum atomic E-state index is -0.474. The van der Waals surface area contributed by atoms with Gasteiger partial charge in [0.05, 0.1) is 5.57 Å². The van der Waals surface area contributed by atoms with Gasteiger partial charge in [0.15, 0.2) is 5.84 Å². The number of aryl methyl sites for hydroxylation is 1. The highest BCUT2D eigenvalue weighted by atomic mass is 32.2. The molecule has 0 radical (unpaired) electrons. The van der Waals surface area contributed by atoms with Crippen LogP contribution in [-0.4, -0.2) is 41.6 Å². The molecule has 158 valence electrons. The van der Waals surface area contributed by atoms with Crippen LogP contribution in [0.2, 0.25) is 0 Å². The van der Waals surface area contributed by atoms with Crippen LogP contribution in [0.4, 0.5) is 0 Å². The number of aliphatic imine (C=N–C) groups is 1. The second-order valence-corrected chi connectivity index (χ2v) is 8.30. The number of phenolic OH excluding ortho intramolecular Hbond substituents is 1. The summed E-state index contributed by atoms with van der Waals surface area (Å²) in [6.07, 6.45) is 5.03. The average Bonchev–Trinajstić information content (AvgIpc) is 3.32. The van der Waals surface area contributed by atoms with Crippen molar-refractivity contribution < 1.29 is 9.90 Å². The number of hydrazone groups is 1. The monoisotopic (exact) mass is 442 g/mol. The van der Waals surface area contributed by atoms with Gasteiger partial charge in [-0.2, -0.15) is 15.1 Å². The van der Waals surface area contributed by atoms with Crippen molar-refractivity contribution in [3.63, 3.8) is 0 Å². The predicted molar refractivity (Wildman–Crippen MR) is 125 cm³/mol. The number of benzene rings is 1. The number of phenols is 1. The molecule has 0 aliphatic carbocycles. The Morgan fingerprint density at radius 2 is 2.00 bits per heavy atom. The Labute approximate surface area is 188 Å². The lowest BCUT2D eigenvalue weighted by Gasteiger charge is -2.20. The largest absolute Gasteiger partial charge is 0.508 e. The number of nitrogens with zero attached hydrogens (tertiary/aromatic N) is 5. The molecular weight excluding hydrogens is 424 g/mol. The van der Waals surface area contributed by atoms with Gasteiger partial charge in [0.25, 0.3) is 5.91 Å². The number of hydrogen-bond acceptors (Lipinski definition) is 6. The van der Waals surface area contributed by atoms with Gasteiger partial charge in [0.2, 0.25) is 5.17 Å². The summed E-state index contributed by atoms with van der Waals surface area (Å²) in [7, 11) is 0. The van der Waals surface area contributed by atoms with E-state index in [1.54, 1.807) is 36.7 Å². The van der Waals surface area contributed by atoms with Gasteiger partial charge in [-0.05, 0) is 67.6 Å². The summed E-state index contributed by atoms with van der Waals surface area (Å²) in [5, 5.41) is 25.3. The lowest BCUT2D eigenvalue weighted by atomic mass is 10.1. The Bertz CT molecular complexity index is 1370. The highest BCUT2D eigenvalue weighted by molar-refractivity contribution is 8.27. The number of hydrogen-bond donors (Lipinski definition) is 2. The maximum absolute atomic E-state index is 12.8. The molecule has 0 spiro atoms. The number of fused-ring (bicyclic) bond motifs is 1. The van der Waals surface area contributed by atoms with Crippen LogP contribution >= 0.6 is 11.8 Å². The van der Waals surface area contributed by atoms with E-state index in [1.807, 2.05) is 42.7 Å². The minimum Gasteiger partial charge on any atom is -0.508 e. The Hall–Kier alpha value is -3.98. The van der Waals surface area contributed by atoms with E-state index in [4.69, 9.17) is 5.41 Å². The Kier molecular flexibility index (Phi) is 4.75. The number of thioether (sulfide) groups is 1. The molecule has 32 heavy (non-hydrogen) atoms. The summed E-state index contributed by atoms with van der Waals surface area (Å²) in [6.45, 7) is 3.88.